The van der Waals surface area contributed by atoms with Crippen molar-refractivity contribution in [3.05, 3.63) is 59.9 Å². The number of carbonyl (C=O) groups excluding carboxylic acids is 2. The van der Waals surface area contributed by atoms with Gasteiger partial charge in [0.1, 0.15) is 11.6 Å². The number of rotatable bonds is 4. The van der Waals surface area contributed by atoms with E-state index in [0.717, 1.165) is 25.1 Å². The van der Waals surface area contributed by atoms with Crippen LogP contribution in [0, 0.1) is 23.6 Å². The first kappa shape index (κ1) is 22.3. The van der Waals surface area contributed by atoms with Gasteiger partial charge < -0.3 is 14.5 Å². The quantitative estimate of drug-likeness (QED) is 0.688. The second-order valence-electron chi connectivity index (χ2n) is 9.29. The lowest BCUT2D eigenvalue weighted by molar-refractivity contribution is -0.141. The van der Waals surface area contributed by atoms with Crippen molar-refractivity contribution in [2.45, 2.75) is 39.2 Å². The fraction of sp³-hybridized carbons (Fsp3) is 0.462. The van der Waals surface area contributed by atoms with Crippen LogP contribution < -0.4 is 9.64 Å². The molecule has 0 aliphatic carbocycles. The van der Waals surface area contributed by atoms with Gasteiger partial charge in [0.05, 0.1) is 19.1 Å². The van der Waals surface area contributed by atoms with E-state index < -0.39 is 6.04 Å². The average Bonchev–Trinajstić information content (AvgIpc) is 2.78. The molecule has 5 nitrogen and oxygen atoms in total. The molecule has 2 aromatic carbocycles. The highest BCUT2D eigenvalue weighted by molar-refractivity contribution is 5.97. The molecule has 2 aliphatic heterocycles. The lowest BCUT2D eigenvalue weighted by Gasteiger charge is -2.44. The Morgan fingerprint density at radius 1 is 1.00 bits per heavy atom. The molecule has 0 spiro atoms. The molecule has 0 N–H and O–H groups in total. The number of ether oxygens (including phenoxy) is 1. The zero-order chi connectivity index (χ0) is 22.8. The fourth-order valence-electron chi connectivity index (χ4n) is 5.32. The Bertz CT molecular complexity index is 950. The number of anilines is 1. The van der Waals surface area contributed by atoms with Crippen LogP contribution in [0.1, 0.15) is 44.7 Å². The number of hydrogen-bond donors (Lipinski definition) is 0. The van der Waals surface area contributed by atoms with Gasteiger partial charge in [-0.05, 0) is 66.6 Å². The zero-order valence-corrected chi connectivity index (χ0v) is 19.0. The Kier molecular flexibility index (Phi) is 6.49. The number of hydrogen-bond acceptors (Lipinski definition) is 3. The maximum absolute atomic E-state index is 13.8. The monoisotopic (exact) mass is 438 g/mol. The van der Waals surface area contributed by atoms with E-state index in [1.54, 1.807) is 24.1 Å². The molecule has 4 atom stereocenters. The maximum Gasteiger partial charge on any atom is 0.228 e. The summed E-state index contributed by atoms with van der Waals surface area (Å²) in [5.74, 6) is 0.939. The van der Waals surface area contributed by atoms with Gasteiger partial charge in [-0.25, -0.2) is 4.39 Å². The second kappa shape index (κ2) is 9.31. The van der Waals surface area contributed by atoms with Crippen molar-refractivity contribution in [3.8, 4) is 5.75 Å². The van der Waals surface area contributed by atoms with Crippen LogP contribution in [-0.4, -0.2) is 36.9 Å². The number of benzene rings is 2. The Balaban J connectivity index is 1.73. The minimum absolute atomic E-state index is 0.0334. The molecule has 4 rings (SSSR count). The fourth-order valence-corrected chi connectivity index (χ4v) is 5.32. The van der Waals surface area contributed by atoms with Gasteiger partial charge in [0, 0.05) is 25.2 Å². The molecule has 2 aromatic rings. The summed E-state index contributed by atoms with van der Waals surface area (Å²) >= 11 is 0. The molecule has 2 fully saturated rings. The molecule has 6 heteroatoms. The van der Waals surface area contributed by atoms with Crippen molar-refractivity contribution >= 4 is 17.5 Å². The molecule has 2 heterocycles. The third kappa shape index (κ3) is 4.50. The van der Waals surface area contributed by atoms with Crippen LogP contribution in [-0.2, 0) is 9.59 Å². The van der Waals surface area contributed by atoms with Gasteiger partial charge >= 0.3 is 0 Å². The normalized spacial score (nSPS) is 26.2. The van der Waals surface area contributed by atoms with E-state index in [1.807, 2.05) is 29.2 Å². The summed E-state index contributed by atoms with van der Waals surface area (Å²) in [5, 5.41) is 0. The van der Waals surface area contributed by atoms with Crippen molar-refractivity contribution in [2.75, 3.05) is 25.1 Å². The van der Waals surface area contributed by atoms with Crippen molar-refractivity contribution in [1.29, 1.82) is 0 Å². The molecule has 2 amide bonds. The Morgan fingerprint density at radius 3 is 2.22 bits per heavy atom. The molecular formula is C26H31FN2O3. The van der Waals surface area contributed by atoms with E-state index in [1.165, 1.54) is 12.1 Å². The summed E-state index contributed by atoms with van der Waals surface area (Å²) in [5.41, 5.74) is 1.48. The molecule has 0 radical (unpaired) electrons. The number of amides is 2. The van der Waals surface area contributed by atoms with Gasteiger partial charge in [-0.1, -0.05) is 26.0 Å². The molecule has 0 unspecified atom stereocenters. The molecule has 0 bridgehead atoms. The Labute approximate surface area is 189 Å². The van der Waals surface area contributed by atoms with Crippen LogP contribution in [0.15, 0.2) is 48.5 Å². The zero-order valence-electron chi connectivity index (χ0n) is 19.0. The van der Waals surface area contributed by atoms with E-state index in [2.05, 4.69) is 13.8 Å². The molecule has 170 valence electrons. The van der Waals surface area contributed by atoms with Crippen molar-refractivity contribution in [2.24, 2.45) is 17.8 Å². The smallest absolute Gasteiger partial charge is 0.228 e. The van der Waals surface area contributed by atoms with Gasteiger partial charge in [-0.2, -0.15) is 0 Å². The van der Waals surface area contributed by atoms with Crippen molar-refractivity contribution < 1.29 is 18.7 Å². The summed E-state index contributed by atoms with van der Waals surface area (Å²) in [4.78, 5) is 30.6. The lowest BCUT2D eigenvalue weighted by atomic mass is 9.81. The second-order valence-corrected chi connectivity index (χ2v) is 9.29. The lowest BCUT2D eigenvalue weighted by Crippen LogP contribution is -2.52. The predicted molar refractivity (Wildman–Crippen MR) is 122 cm³/mol. The summed E-state index contributed by atoms with van der Waals surface area (Å²) in [6, 6.07) is 13.0. The minimum atomic E-state index is -0.481. The van der Waals surface area contributed by atoms with Gasteiger partial charge in [0.25, 0.3) is 0 Å². The minimum Gasteiger partial charge on any atom is -0.497 e. The summed E-state index contributed by atoms with van der Waals surface area (Å²) in [6.07, 6.45) is 1.91. The highest BCUT2D eigenvalue weighted by Gasteiger charge is 2.43. The summed E-state index contributed by atoms with van der Waals surface area (Å²) in [7, 11) is 1.59. The highest BCUT2D eigenvalue weighted by atomic mass is 19.1. The van der Waals surface area contributed by atoms with Gasteiger partial charge in [0.15, 0.2) is 0 Å². The first-order valence-electron chi connectivity index (χ1n) is 11.4. The van der Waals surface area contributed by atoms with E-state index in [0.29, 0.717) is 36.1 Å². The van der Waals surface area contributed by atoms with Crippen LogP contribution in [0.5, 0.6) is 5.75 Å². The first-order valence-corrected chi connectivity index (χ1v) is 11.4. The topological polar surface area (TPSA) is 49.9 Å². The summed E-state index contributed by atoms with van der Waals surface area (Å²) in [6.45, 7) is 5.85. The van der Waals surface area contributed by atoms with E-state index in [4.69, 9.17) is 4.74 Å². The molecule has 32 heavy (non-hydrogen) atoms. The van der Waals surface area contributed by atoms with Crippen molar-refractivity contribution in [1.82, 2.24) is 4.90 Å². The Hall–Kier alpha value is -2.89. The van der Waals surface area contributed by atoms with Crippen LogP contribution in [0.2, 0.25) is 0 Å². The van der Waals surface area contributed by atoms with Crippen LogP contribution in [0.25, 0.3) is 0 Å². The first-order chi connectivity index (χ1) is 15.4. The van der Waals surface area contributed by atoms with Crippen LogP contribution in [0.3, 0.4) is 0 Å². The molecular weight excluding hydrogens is 407 g/mol. The van der Waals surface area contributed by atoms with Crippen LogP contribution in [0.4, 0.5) is 10.1 Å². The van der Waals surface area contributed by atoms with E-state index in [9.17, 15) is 14.0 Å². The van der Waals surface area contributed by atoms with E-state index >= 15 is 0 Å². The maximum atomic E-state index is 13.8. The van der Waals surface area contributed by atoms with Gasteiger partial charge in [-0.15, -0.1) is 0 Å². The number of halogens is 1. The number of nitrogens with zero attached hydrogens (tertiary/aromatic N) is 2. The number of likely N-dealkylation sites (tertiary alicyclic amines) is 1. The number of methoxy groups -OCH3 is 1. The Morgan fingerprint density at radius 2 is 1.62 bits per heavy atom. The average molecular weight is 439 g/mol. The van der Waals surface area contributed by atoms with Gasteiger partial charge in [0.2, 0.25) is 11.8 Å². The number of piperidine rings is 2. The van der Waals surface area contributed by atoms with Crippen molar-refractivity contribution in [3.63, 3.8) is 0 Å². The molecule has 2 aliphatic rings. The highest BCUT2D eigenvalue weighted by Crippen LogP contribution is 2.41. The van der Waals surface area contributed by atoms with E-state index in [-0.39, 0.29) is 23.5 Å². The third-order valence-corrected chi connectivity index (χ3v) is 6.66. The van der Waals surface area contributed by atoms with Crippen LogP contribution >= 0.6 is 0 Å². The molecule has 2 saturated heterocycles. The molecule has 0 saturated carbocycles. The number of carbonyl (C=O) groups is 2. The largest absolute Gasteiger partial charge is 0.497 e. The third-order valence-electron chi connectivity index (χ3n) is 6.66. The summed E-state index contributed by atoms with van der Waals surface area (Å²) < 4.78 is 19.0. The SMILES string of the molecule is COc1ccc(N2C(=O)CC[C@@H](C(=O)N3C[C@H](C)C[C@@H](C)C3)[C@@H]2c2ccc(F)cc2)cc1. The standard InChI is InChI=1S/C26H31FN2O3/c1-17-14-18(2)16-28(15-17)26(31)23-12-13-24(30)29(21-8-10-22(32-3)11-9-21)25(23)19-4-6-20(27)7-5-19/h4-11,17-18,23,25H,12-16H2,1-3H3/t17-,18-,23-,25+/m1/s1. The predicted octanol–water partition coefficient (Wildman–Crippen LogP) is 4.82. The van der Waals surface area contributed by atoms with Gasteiger partial charge in [-0.3, -0.25) is 9.59 Å². The molecule has 0 aromatic heterocycles.